The van der Waals surface area contributed by atoms with Crippen LogP contribution >= 0.6 is 31.5 Å². The Balaban J connectivity index is 2.67. The van der Waals surface area contributed by atoms with Crippen molar-refractivity contribution in [3.8, 4) is 5.75 Å². The topological polar surface area (TPSA) is 21.6 Å². The van der Waals surface area contributed by atoms with Crippen LogP contribution in [0.2, 0.25) is 0 Å². The van der Waals surface area contributed by atoms with Crippen molar-refractivity contribution in [3.63, 3.8) is 0 Å². The molecule has 2 aromatic carbocycles. The highest BCUT2D eigenvalue weighted by Crippen LogP contribution is 2.39. The normalized spacial score (nSPS) is 12.5. The molecular weight excluding hydrogens is 453 g/mol. The highest BCUT2D eigenvalue weighted by Gasteiger charge is 2.27. The summed E-state index contributed by atoms with van der Waals surface area (Å²) >= 11 is 6.90. The van der Waals surface area contributed by atoms with E-state index < -0.39 is 0 Å². The largest absolute Gasteiger partial charge is 0.541 e. The molecule has 0 heterocycles. The molecule has 0 atom stereocenters. The number of hydrogen-bond acceptors (Lipinski definition) is 2. The molecule has 0 aromatic heterocycles. The van der Waals surface area contributed by atoms with Gasteiger partial charge in [-0.2, -0.15) is 0 Å². The van der Waals surface area contributed by atoms with E-state index in [1.165, 1.54) is 11.1 Å². The van der Waals surface area contributed by atoms with Gasteiger partial charge in [0.25, 0.3) is 0 Å². The summed E-state index contributed by atoms with van der Waals surface area (Å²) in [5.41, 5.74) is 4.33. The van der Waals surface area contributed by atoms with Gasteiger partial charge in [-0.15, -0.1) is 0 Å². The third-order valence-electron chi connectivity index (χ3n) is 4.11. The molecule has 2 nitrogen and oxygen atoms in total. The van der Waals surface area contributed by atoms with Crippen LogP contribution in [-0.2, 0) is 10.8 Å². The van der Waals surface area contributed by atoms with Gasteiger partial charge in [-0.3, -0.25) is 4.99 Å². The molecular formula is C21H26BBr2NO. The van der Waals surface area contributed by atoms with E-state index in [1.807, 2.05) is 36.5 Å². The summed E-state index contributed by atoms with van der Waals surface area (Å²) in [6.45, 7) is 13.3. The lowest BCUT2D eigenvalue weighted by Crippen LogP contribution is -2.20. The Morgan fingerprint density at radius 1 is 0.923 bits per heavy atom. The molecule has 26 heavy (non-hydrogen) atoms. The predicted octanol–water partition coefficient (Wildman–Crippen LogP) is 7.19. The van der Waals surface area contributed by atoms with Crippen LogP contribution in [0.5, 0.6) is 5.75 Å². The van der Waals surface area contributed by atoms with Crippen molar-refractivity contribution in [2.75, 3.05) is 0 Å². The van der Waals surface area contributed by atoms with Gasteiger partial charge in [0.1, 0.15) is 5.75 Å². The number of aliphatic imine (C=N–C) groups is 1. The molecule has 0 aliphatic heterocycles. The van der Waals surface area contributed by atoms with E-state index in [0.29, 0.717) is 0 Å². The molecule has 2 aromatic rings. The molecule has 0 amide bonds. The van der Waals surface area contributed by atoms with Crippen molar-refractivity contribution in [1.29, 1.82) is 0 Å². The number of para-hydroxylation sites is 1. The van der Waals surface area contributed by atoms with Gasteiger partial charge in [-0.1, -0.05) is 97.3 Å². The molecule has 0 aliphatic carbocycles. The summed E-state index contributed by atoms with van der Waals surface area (Å²) in [4.78, 5) is 4.66. The number of nitrogens with zero attached hydrogens (tertiary/aromatic N) is 1. The second kappa shape index (κ2) is 8.31. The van der Waals surface area contributed by atoms with Crippen molar-refractivity contribution in [3.05, 3.63) is 59.2 Å². The fraction of sp³-hybridized carbons (Fsp3) is 0.381. The molecule has 0 bridgehead atoms. The maximum atomic E-state index is 6.10. The second-order valence-corrected chi connectivity index (χ2v) is 11.3. The quantitative estimate of drug-likeness (QED) is 0.336. The standard InChI is InChI=1S/C21H26BBr2NO/c1-20(2,3)16-12-15(14-25-17-10-8-7-9-11-17)19(26-22(23)24)18(13-16)21(4,5)6/h7-14H,1-6H3. The Morgan fingerprint density at radius 3 is 2.04 bits per heavy atom. The third kappa shape index (κ3) is 5.72. The molecule has 0 radical (unpaired) electrons. The zero-order valence-corrected chi connectivity index (χ0v) is 19.5. The van der Waals surface area contributed by atoms with Gasteiger partial charge in [0.15, 0.2) is 0 Å². The first kappa shape index (κ1) is 21.2. The molecule has 5 heteroatoms. The second-order valence-electron chi connectivity index (χ2n) is 8.41. The summed E-state index contributed by atoms with van der Waals surface area (Å²) < 4.78 is 5.84. The van der Waals surface area contributed by atoms with Crippen molar-refractivity contribution in [2.45, 2.75) is 52.4 Å². The van der Waals surface area contributed by atoms with E-state index in [1.54, 1.807) is 0 Å². The average Bonchev–Trinajstić information content (AvgIpc) is 2.52. The van der Waals surface area contributed by atoms with Gasteiger partial charge in [0, 0.05) is 11.8 Å². The van der Waals surface area contributed by atoms with Crippen molar-refractivity contribution in [2.24, 2.45) is 4.99 Å². The highest BCUT2D eigenvalue weighted by molar-refractivity contribution is 9.48. The molecule has 0 saturated carbocycles. The Labute approximate surface area is 174 Å². The molecule has 0 N–H and O–H groups in total. The lowest BCUT2D eigenvalue weighted by molar-refractivity contribution is 0.524. The minimum atomic E-state index is -0.263. The zero-order valence-electron chi connectivity index (χ0n) is 16.3. The smallest absolute Gasteiger partial charge is 0.514 e. The summed E-state index contributed by atoms with van der Waals surface area (Å²) in [5, 5.41) is 0. The van der Waals surface area contributed by atoms with Crippen molar-refractivity contribution < 1.29 is 4.65 Å². The van der Waals surface area contributed by atoms with Gasteiger partial charge in [-0.05, 0) is 40.2 Å². The van der Waals surface area contributed by atoms with Gasteiger partial charge >= 0.3 is 4.56 Å². The number of rotatable bonds is 4. The third-order valence-corrected chi connectivity index (χ3v) is 4.48. The van der Waals surface area contributed by atoms with Crippen molar-refractivity contribution >= 4 is 48.0 Å². The van der Waals surface area contributed by atoms with E-state index in [-0.39, 0.29) is 15.4 Å². The van der Waals surface area contributed by atoms with Gasteiger partial charge in [0.05, 0.1) is 5.69 Å². The van der Waals surface area contributed by atoms with Crippen LogP contribution in [0.3, 0.4) is 0 Å². The zero-order chi connectivity index (χ0) is 19.5. The summed E-state index contributed by atoms with van der Waals surface area (Å²) in [7, 11) is 0. The maximum absolute atomic E-state index is 6.10. The Hall–Kier alpha value is -1.07. The predicted molar refractivity (Wildman–Crippen MR) is 122 cm³/mol. The van der Waals surface area contributed by atoms with Gasteiger partial charge in [-0.25, -0.2) is 0 Å². The fourth-order valence-electron chi connectivity index (χ4n) is 2.62. The van der Waals surface area contributed by atoms with E-state index in [9.17, 15) is 0 Å². The summed E-state index contributed by atoms with van der Waals surface area (Å²) in [6.07, 6.45) is 1.90. The van der Waals surface area contributed by atoms with Crippen molar-refractivity contribution in [1.82, 2.24) is 0 Å². The number of hydrogen-bond donors (Lipinski definition) is 0. The molecule has 0 fully saturated rings. The van der Waals surface area contributed by atoms with Crippen LogP contribution in [0.25, 0.3) is 0 Å². The first-order valence-corrected chi connectivity index (χ1v) is 10.5. The summed E-state index contributed by atoms with van der Waals surface area (Å²) in [5.74, 6) is 0.851. The lowest BCUT2D eigenvalue weighted by atomic mass is 9.79. The van der Waals surface area contributed by atoms with Gasteiger partial charge < -0.3 is 4.65 Å². The van der Waals surface area contributed by atoms with Crippen LogP contribution in [0.4, 0.5) is 5.69 Å². The monoisotopic (exact) mass is 477 g/mol. The lowest BCUT2D eigenvalue weighted by Gasteiger charge is -2.29. The fourth-order valence-corrected chi connectivity index (χ4v) is 2.99. The van der Waals surface area contributed by atoms with Crippen LogP contribution in [-0.4, -0.2) is 10.8 Å². The number of halogens is 2. The first-order valence-electron chi connectivity index (χ1n) is 8.71. The van der Waals surface area contributed by atoms with Gasteiger partial charge in [0.2, 0.25) is 0 Å². The molecule has 0 spiro atoms. The molecule has 0 aliphatic rings. The van der Waals surface area contributed by atoms with Crippen LogP contribution in [0.1, 0.15) is 58.2 Å². The van der Waals surface area contributed by atoms with E-state index >= 15 is 0 Å². The molecule has 2 rings (SSSR count). The van der Waals surface area contributed by atoms with Crippen LogP contribution in [0, 0.1) is 0 Å². The van der Waals surface area contributed by atoms with E-state index in [4.69, 9.17) is 4.65 Å². The molecule has 138 valence electrons. The van der Waals surface area contributed by atoms with Crippen LogP contribution in [0.15, 0.2) is 47.5 Å². The maximum Gasteiger partial charge on any atom is 0.514 e. The summed E-state index contributed by atoms with van der Waals surface area (Å²) in [6, 6.07) is 14.4. The molecule has 0 unspecified atom stereocenters. The SMILES string of the molecule is CC(C)(C)c1cc(C=Nc2ccccc2)c(OB(Br)Br)c(C(C)(C)C)c1. The molecule has 0 saturated heterocycles. The number of benzene rings is 2. The Kier molecular flexibility index (Phi) is 6.78. The first-order chi connectivity index (χ1) is 12.0. The van der Waals surface area contributed by atoms with Crippen LogP contribution < -0.4 is 4.65 Å². The average molecular weight is 479 g/mol. The Morgan fingerprint density at radius 2 is 1.54 bits per heavy atom. The van der Waals surface area contributed by atoms with E-state index in [2.05, 4.69) is 90.2 Å². The highest BCUT2D eigenvalue weighted by atomic mass is 79.9. The minimum absolute atomic E-state index is 0.0378. The minimum Gasteiger partial charge on any atom is -0.541 e. The van der Waals surface area contributed by atoms with E-state index in [0.717, 1.165) is 17.0 Å². The Bertz CT molecular complexity index is 775.